The SMILES string of the molecule is CCOc1ccc(S(=O)(=O)N2CCN(C(=O)NCc3cccc(OCC(F)F)c3)CC2)cc1. The standard InChI is InChI=1S/C22H27F2N3O5S/c1-2-31-18-6-8-20(9-7-18)33(29,30)27-12-10-26(11-13-27)22(28)25-15-17-4-3-5-19(14-17)32-16-21(23)24/h3-9,14,21H,2,10-13,15-16H2,1H3,(H,25,28). The molecule has 1 aliphatic heterocycles. The van der Waals surface area contributed by atoms with E-state index in [-0.39, 0.29) is 43.7 Å². The maximum atomic E-state index is 12.9. The van der Waals surface area contributed by atoms with E-state index in [0.29, 0.717) is 23.7 Å². The van der Waals surface area contributed by atoms with Crippen molar-refractivity contribution in [1.29, 1.82) is 0 Å². The van der Waals surface area contributed by atoms with E-state index in [1.165, 1.54) is 16.4 Å². The van der Waals surface area contributed by atoms with E-state index < -0.39 is 23.1 Å². The summed E-state index contributed by atoms with van der Waals surface area (Å²) in [6, 6.07) is 12.5. The molecule has 0 aromatic heterocycles. The Labute approximate surface area is 192 Å². The molecule has 180 valence electrons. The monoisotopic (exact) mass is 483 g/mol. The van der Waals surface area contributed by atoms with Gasteiger partial charge in [0, 0.05) is 32.7 Å². The van der Waals surface area contributed by atoms with Gasteiger partial charge in [-0.15, -0.1) is 0 Å². The van der Waals surface area contributed by atoms with Crippen LogP contribution >= 0.6 is 0 Å². The lowest BCUT2D eigenvalue weighted by Crippen LogP contribution is -2.52. The van der Waals surface area contributed by atoms with E-state index in [2.05, 4.69) is 5.32 Å². The third-order valence-corrected chi connectivity index (χ3v) is 6.93. The van der Waals surface area contributed by atoms with Gasteiger partial charge in [-0.2, -0.15) is 4.31 Å². The van der Waals surface area contributed by atoms with Crippen LogP contribution in [0.5, 0.6) is 11.5 Å². The molecule has 2 amide bonds. The summed E-state index contributed by atoms with van der Waals surface area (Å²) < 4.78 is 62.0. The van der Waals surface area contributed by atoms with Crippen LogP contribution in [0.2, 0.25) is 0 Å². The van der Waals surface area contributed by atoms with Gasteiger partial charge in [0.25, 0.3) is 6.43 Å². The molecule has 0 spiro atoms. The predicted octanol–water partition coefficient (Wildman–Crippen LogP) is 2.95. The summed E-state index contributed by atoms with van der Waals surface area (Å²) in [7, 11) is -3.66. The zero-order chi connectivity index (χ0) is 23.8. The molecule has 0 atom stereocenters. The molecule has 0 unspecified atom stereocenters. The molecule has 1 N–H and O–H groups in total. The first-order chi connectivity index (χ1) is 15.8. The number of hydrogen-bond acceptors (Lipinski definition) is 5. The van der Waals surface area contributed by atoms with Crippen LogP contribution in [0.3, 0.4) is 0 Å². The second-order valence-electron chi connectivity index (χ2n) is 7.30. The molecule has 0 saturated carbocycles. The Morgan fingerprint density at radius 1 is 1.03 bits per heavy atom. The number of nitrogens with one attached hydrogen (secondary N) is 1. The van der Waals surface area contributed by atoms with Gasteiger partial charge in [0.1, 0.15) is 18.1 Å². The topological polar surface area (TPSA) is 88.2 Å². The lowest BCUT2D eigenvalue weighted by Gasteiger charge is -2.34. The first-order valence-corrected chi connectivity index (χ1v) is 12.0. The molecule has 33 heavy (non-hydrogen) atoms. The summed E-state index contributed by atoms with van der Waals surface area (Å²) in [6.45, 7) is 2.70. The molecular formula is C22H27F2N3O5S. The highest BCUT2D eigenvalue weighted by Gasteiger charge is 2.30. The Morgan fingerprint density at radius 2 is 1.73 bits per heavy atom. The lowest BCUT2D eigenvalue weighted by molar-refractivity contribution is 0.0818. The van der Waals surface area contributed by atoms with Gasteiger partial charge in [-0.05, 0) is 48.9 Å². The normalized spacial score (nSPS) is 14.8. The largest absolute Gasteiger partial charge is 0.494 e. The number of amides is 2. The number of hydrogen-bond donors (Lipinski definition) is 1. The highest BCUT2D eigenvalue weighted by atomic mass is 32.2. The highest BCUT2D eigenvalue weighted by Crippen LogP contribution is 2.21. The third-order valence-electron chi connectivity index (χ3n) is 5.02. The molecule has 2 aromatic rings. The van der Waals surface area contributed by atoms with Gasteiger partial charge in [-0.1, -0.05) is 12.1 Å². The van der Waals surface area contributed by atoms with Crippen molar-refractivity contribution in [2.75, 3.05) is 39.4 Å². The molecule has 1 aliphatic rings. The van der Waals surface area contributed by atoms with E-state index in [4.69, 9.17) is 9.47 Å². The van der Waals surface area contributed by atoms with Gasteiger partial charge in [0.2, 0.25) is 10.0 Å². The summed E-state index contributed by atoms with van der Waals surface area (Å²) in [4.78, 5) is 14.2. The zero-order valence-corrected chi connectivity index (χ0v) is 19.1. The number of benzene rings is 2. The molecule has 11 heteroatoms. The Hall–Kier alpha value is -2.92. The van der Waals surface area contributed by atoms with Crippen LogP contribution in [-0.4, -0.2) is 69.5 Å². The van der Waals surface area contributed by atoms with Gasteiger partial charge < -0.3 is 19.7 Å². The van der Waals surface area contributed by atoms with E-state index in [9.17, 15) is 22.0 Å². The van der Waals surface area contributed by atoms with E-state index in [0.717, 1.165) is 0 Å². The first-order valence-electron chi connectivity index (χ1n) is 10.5. The van der Waals surface area contributed by atoms with Crippen molar-refractivity contribution < 1.29 is 31.5 Å². The maximum Gasteiger partial charge on any atom is 0.317 e. The third kappa shape index (κ3) is 6.78. The molecule has 0 bridgehead atoms. The Kier molecular flexibility index (Phi) is 8.45. The number of nitrogens with zero attached hydrogens (tertiary/aromatic N) is 2. The van der Waals surface area contributed by atoms with Gasteiger partial charge in [-0.3, -0.25) is 0 Å². The summed E-state index contributed by atoms with van der Waals surface area (Å²) in [5.41, 5.74) is 0.701. The van der Waals surface area contributed by atoms with Crippen LogP contribution in [0.15, 0.2) is 53.4 Å². The minimum atomic E-state index is -3.66. The fraction of sp³-hybridized carbons (Fsp3) is 0.409. The fourth-order valence-electron chi connectivity index (χ4n) is 3.35. The second-order valence-corrected chi connectivity index (χ2v) is 9.24. The summed E-state index contributed by atoms with van der Waals surface area (Å²) >= 11 is 0. The van der Waals surface area contributed by atoms with E-state index in [1.807, 2.05) is 6.92 Å². The van der Waals surface area contributed by atoms with Crippen molar-refractivity contribution in [3.05, 3.63) is 54.1 Å². The number of ether oxygens (including phenoxy) is 2. The average molecular weight is 484 g/mol. The van der Waals surface area contributed by atoms with Gasteiger partial charge >= 0.3 is 6.03 Å². The summed E-state index contributed by atoms with van der Waals surface area (Å²) in [5.74, 6) is 0.902. The molecule has 1 heterocycles. The van der Waals surface area contributed by atoms with Crippen molar-refractivity contribution in [2.45, 2.75) is 24.8 Å². The van der Waals surface area contributed by atoms with Crippen molar-refractivity contribution in [2.24, 2.45) is 0 Å². The number of rotatable bonds is 9. The van der Waals surface area contributed by atoms with Crippen LogP contribution in [0.25, 0.3) is 0 Å². The number of carbonyl (C=O) groups excluding carboxylic acids is 1. The predicted molar refractivity (Wildman–Crippen MR) is 118 cm³/mol. The smallest absolute Gasteiger partial charge is 0.317 e. The number of sulfonamides is 1. The van der Waals surface area contributed by atoms with Crippen molar-refractivity contribution >= 4 is 16.1 Å². The van der Waals surface area contributed by atoms with Crippen LogP contribution in [-0.2, 0) is 16.6 Å². The lowest BCUT2D eigenvalue weighted by atomic mass is 10.2. The van der Waals surface area contributed by atoms with Crippen molar-refractivity contribution in [3.8, 4) is 11.5 Å². The van der Waals surface area contributed by atoms with Crippen LogP contribution < -0.4 is 14.8 Å². The summed E-state index contributed by atoms with van der Waals surface area (Å²) in [6.07, 6.45) is -2.56. The molecule has 0 aliphatic carbocycles. The van der Waals surface area contributed by atoms with Crippen LogP contribution in [0, 0.1) is 0 Å². The Morgan fingerprint density at radius 3 is 2.36 bits per heavy atom. The molecule has 3 rings (SSSR count). The van der Waals surface area contributed by atoms with Crippen molar-refractivity contribution in [3.63, 3.8) is 0 Å². The zero-order valence-electron chi connectivity index (χ0n) is 18.2. The molecule has 1 saturated heterocycles. The minimum absolute atomic E-state index is 0.179. The molecule has 1 fully saturated rings. The Balaban J connectivity index is 1.50. The second kappa shape index (κ2) is 11.3. The molecule has 0 radical (unpaired) electrons. The average Bonchev–Trinajstić information content (AvgIpc) is 2.82. The number of piperazine rings is 1. The molecular weight excluding hydrogens is 456 g/mol. The minimum Gasteiger partial charge on any atom is -0.494 e. The van der Waals surface area contributed by atoms with Gasteiger partial charge in [0.05, 0.1) is 11.5 Å². The quantitative estimate of drug-likeness (QED) is 0.593. The van der Waals surface area contributed by atoms with Gasteiger partial charge in [-0.25, -0.2) is 22.0 Å². The van der Waals surface area contributed by atoms with Crippen LogP contribution in [0.1, 0.15) is 12.5 Å². The van der Waals surface area contributed by atoms with E-state index in [1.54, 1.807) is 41.3 Å². The van der Waals surface area contributed by atoms with Crippen LogP contribution in [0.4, 0.5) is 13.6 Å². The van der Waals surface area contributed by atoms with Gasteiger partial charge in [0.15, 0.2) is 0 Å². The summed E-state index contributed by atoms with van der Waals surface area (Å²) in [5, 5.41) is 2.77. The number of urea groups is 1. The molecule has 2 aromatic carbocycles. The number of carbonyl (C=O) groups is 1. The maximum absolute atomic E-state index is 12.9. The Bertz CT molecular complexity index is 1030. The molecule has 8 nitrogen and oxygen atoms in total. The highest BCUT2D eigenvalue weighted by molar-refractivity contribution is 7.89. The van der Waals surface area contributed by atoms with E-state index >= 15 is 0 Å². The fourth-order valence-corrected chi connectivity index (χ4v) is 4.77. The number of halogens is 2. The van der Waals surface area contributed by atoms with Crippen molar-refractivity contribution in [1.82, 2.24) is 14.5 Å². The number of alkyl halides is 2. The first kappa shape index (κ1) is 24.7.